The lowest BCUT2D eigenvalue weighted by Gasteiger charge is -2.39. The molecule has 1 unspecified atom stereocenters. The third kappa shape index (κ3) is 7.43. The number of piperidine rings is 1. The van der Waals surface area contributed by atoms with E-state index in [0.29, 0.717) is 12.2 Å². The van der Waals surface area contributed by atoms with Gasteiger partial charge >= 0.3 is 11.9 Å². The molecule has 38 heavy (non-hydrogen) atoms. The van der Waals surface area contributed by atoms with Gasteiger partial charge in [-0.1, -0.05) is 42.5 Å². The Kier molecular flexibility index (Phi) is 10.0. The highest BCUT2D eigenvalue weighted by molar-refractivity contribution is 6.00. The van der Waals surface area contributed by atoms with Crippen molar-refractivity contribution in [1.29, 1.82) is 0 Å². The van der Waals surface area contributed by atoms with Crippen molar-refractivity contribution < 1.29 is 29.7 Å². The molecule has 2 aliphatic heterocycles. The summed E-state index contributed by atoms with van der Waals surface area (Å²) in [5.74, 6) is -2.38. The summed E-state index contributed by atoms with van der Waals surface area (Å²) in [4.78, 5) is 38.8. The zero-order valence-electron chi connectivity index (χ0n) is 22.0. The first-order valence-corrected chi connectivity index (χ1v) is 12.9. The number of rotatable bonds is 7. The first-order chi connectivity index (χ1) is 18.1. The van der Waals surface area contributed by atoms with Crippen LogP contribution in [0.3, 0.4) is 0 Å². The molecule has 0 radical (unpaired) electrons. The van der Waals surface area contributed by atoms with Crippen LogP contribution in [0.5, 0.6) is 0 Å². The van der Waals surface area contributed by atoms with E-state index in [1.54, 1.807) is 0 Å². The molecule has 204 valence electrons. The maximum atomic E-state index is 12.9. The van der Waals surface area contributed by atoms with Crippen molar-refractivity contribution in [2.24, 2.45) is 0 Å². The largest absolute Gasteiger partial charge is 0.478 e. The molecule has 0 saturated carbocycles. The zero-order chi connectivity index (χ0) is 27.7. The quantitative estimate of drug-likeness (QED) is 0.474. The number of carbonyl (C=O) groups excluding carboxylic acids is 1. The second-order valence-corrected chi connectivity index (χ2v) is 9.66. The number of aliphatic carboxylic acids is 2. The van der Waals surface area contributed by atoms with Crippen molar-refractivity contribution >= 4 is 23.5 Å². The van der Waals surface area contributed by atoms with Crippen molar-refractivity contribution in [3.8, 4) is 0 Å². The molecule has 2 aliphatic rings. The van der Waals surface area contributed by atoms with E-state index in [4.69, 9.17) is 10.2 Å². The van der Waals surface area contributed by atoms with Crippen LogP contribution >= 0.6 is 0 Å². The average molecular weight is 524 g/mol. The number of fused-ring (bicyclic) bond motifs is 1. The number of nitrogens with zero attached hydrogens (tertiary/aromatic N) is 3. The lowest BCUT2D eigenvalue weighted by Crippen LogP contribution is -2.46. The maximum absolute atomic E-state index is 12.9. The third-order valence-corrected chi connectivity index (χ3v) is 7.30. The molecule has 4 rings (SSSR count). The molecular weight excluding hydrogens is 486 g/mol. The van der Waals surface area contributed by atoms with Gasteiger partial charge in [0.2, 0.25) is 0 Å². The summed E-state index contributed by atoms with van der Waals surface area (Å²) in [5.41, 5.74) is 2.15. The van der Waals surface area contributed by atoms with Gasteiger partial charge in [0, 0.05) is 63.7 Å². The fourth-order valence-corrected chi connectivity index (χ4v) is 5.00. The van der Waals surface area contributed by atoms with Gasteiger partial charge in [-0.25, -0.2) is 9.59 Å². The van der Waals surface area contributed by atoms with Gasteiger partial charge in [0.1, 0.15) is 0 Å². The van der Waals surface area contributed by atoms with E-state index >= 15 is 0 Å². The lowest BCUT2D eigenvalue weighted by molar-refractivity contribution is -0.134. The predicted octanol–water partition coefficient (Wildman–Crippen LogP) is 3.05. The Balaban J connectivity index is 0.000000436. The second kappa shape index (κ2) is 13.2. The second-order valence-electron chi connectivity index (χ2n) is 9.66. The van der Waals surface area contributed by atoms with Crippen LogP contribution in [-0.2, 0) is 15.2 Å². The van der Waals surface area contributed by atoms with Crippen LogP contribution in [0.15, 0.2) is 66.7 Å². The molecule has 1 saturated heterocycles. The number of benzene rings is 2. The lowest BCUT2D eigenvalue weighted by atomic mass is 9.84. The van der Waals surface area contributed by atoms with E-state index in [1.165, 1.54) is 0 Å². The molecule has 1 atom stereocenters. The number of likely N-dealkylation sites (tertiary alicyclic amines) is 1. The van der Waals surface area contributed by atoms with E-state index in [-0.39, 0.29) is 11.9 Å². The van der Waals surface area contributed by atoms with Crippen molar-refractivity contribution in [2.75, 3.05) is 44.7 Å². The number of likely N-dealkylation sites (N-methyl/N-ethyl adjacent to an activating group) is 2. The minimum absolute atomic E-state index is 0.133. The van der Waals surface area contributed by atoms with E-state index in [2.05, 4.69) is 29.8 Å². The Bertz CT molecular complexity index is 1110. The SMILES string of the molecule is CCN1CC(CCN2CCC(O)(c3ccccc3)CC2)N(C)c2ccccc2C1=O.O=C(O)C=CC(=O)O. The molecule has 0 aliphatic carbocycles. The number of para-hydroxylation sites is 1. The van der Waals surface area contributed by atoms with Crippen molar-refractivity contribution in [3.63, 3.8) is 0 Å². The minimum atomic E-state index is -1.26. The summed E-state index contributed by atoms with van der Waals surface area (Å²) in [7, 11) is 2.11. The number of aliphatic hydroxyl groups is 1. The third-order valence-electron chi connectivity index (χ3n) is 7.30. The Hall–Kier alpha value is -3.69. The van der Waals surface area contributed by atoms with Gasteiger partial charge in [-0.05, 0) is 43.9 Å². The first kappa shape index (κ1) is 28.9. The molecule has 2 heterocycles. The summed E-state index contributed by atoms with van der Waals surface area (Å²) in [5, 5.41) is 26.7. The topological polar surface area (TPSA) is 122 Å². The van der Waals surface area contributed by atoms with Gasteiger partial charge in [0.25, 0.3) is 5.91 Å². The standard InChI is InChI=1S/C25H33N3O2.C4H4O4/c1-3-28-19-21(26(2)23-12-8-7-11-22(23)24(28)29)13-16-27-17-14-25(30,15-18-27)20-9-5-4-6-10-20;5-3(6)1-2-4(7)8/h4-12,21,30H,3,13-19H2,1-2H3;1-2H,(H,5,6)(H,7,8). The molecule has 0 spiro atoms. The number of carboxylic acids is 2. The molecule has 9 heteroatoms. The van der Waals surface area contributed by atoms with E-state index in [9.17, 15) is 19.5 Å². The number of carboxylic acid groups (broad SMARTS) is 2. The van der Waals surface area contributed by atoms with Gasteiger partial charge in [-0.15, -0.1) is 0 Å². The molecule has 1 fully saturated rings. The van der Waals surface area contributed by atoms with E-state index in [1.807, 2.05) is 53.4 Å². The monoisotopic (exact) mass is 523 g/mol. The number of amides is 1. The van der Waals surface area contributed by atoms with Gasteiger partial charge in [-0.2, -0.15) is 0 Å². The Morgan fingerprint density at radius 2 is 1.55 bits per heavy atom. The molecule has 0 bridgehead atoms. The molecular formula is C29H37N3O6. The van der Waals surface area contributed by atoms with Gasteiger partial charge in [0.15, 0.2) is 0 Å². The maximum Gasteiger partial charge on any atom is 0.328 e. The summed E-state index contributed by atoms with van der Waals surface area (Å²) in [6.07, 6.45) is 3.64. The van der Waals surface area contributed by atoms with Crippen LogP contribution in [-0.4, -0.2) is 88.8 Å². The number of carbonyl (C=O) groups is 3. The van der Waals surface area contributed by atoms with Crippen LogP contribution in [0, 0.1) is 0 Å². The highest BCUT2D eigenvalue weighted by Gasteiger charge is 2.35. The highest BCUT2D eigenvalue weighted by atomic mass is 16.4. The van der Waals surface area contributed by atoms with Gasteiger partial charge in [-0.3, -0.25) is 4.79 Å². The number of anilines is 1. The first-order valence-electron chi connectivity index (χ1n) is 12.9. The van der Waals surface area contributed by atoms with Crippen molar-refractivity contribution in [3.05, 3.63) is 77.9 Å². The summed E-state index contributed by atoms with van der Waals surface area (Å²) in [6, 6.07) is 18.3. The zero-order valence-corrected chi connectivity index (χ0v) is 22.0. The fraction of sp³-hybridized carbons (Fsp3) is 0.414. The molecule has 0 aromatic heterocycles. The molecule has 2 aromatic carbocycles. The predicted molar refractivity (Wildman–Crippen MR) is 145 cm³/mol. The highest BCUT2D eigenvalue weighted by Crippen LogP contribution is 2.33. The van der Waals surface area contributed by atoms with Crippen LogP contribution in [0.1, 0.15) is 42.1 Å². The molecule has 2 aromatic rings. The summed E-state index contributed by atoms with van der Waals surface area (Å²) in [6.45, 7) is 6.31. The normalized spacial score (nSPS) is 19.3. The summed E-state index contributed by atoms with van der Waals surface area (Å²) >= 11 is 0. The smallest absolute Gasteiger partial charge is 0.328 e. The molecule has 3 N–H and O–H groups in total. The summed E-state index contributed by atoms with van der Waals surface area (Å²) < 4.78 is 0. The minimum Gasteiger partial charge on any atom is -0.478 e. The van der Waals surface area contributed by atoms with Crippen LogP contribution in [0.2, 0.25) is 0 Å². The Labute approximate surface area is 223 Å². The molecule has 9 nitrogen and oxygen atoms in total. The molecule has 1 amide bonds. The van der Waals surface area contributed by atoms with Crippen LogP contribution in [0.25, 0.3) is 0 Å². The van der Waals surface area contributed by atoms with Crippen LogP contribution in [0.4, 0.5) is 5.69 Å². The number of hydrogen-bond acceptors (Lipinski definition) is 6. The Morgan fingerprint density at radius 3 is 2.13 bits per heavy atom. The number of hydrogen-bond donors (Lipinski definition) is 3. The van der Waals surface area contributed by atoms with Crippen molar-refractivity contribution in [2.45, 2.75) is 37.8 Å². The van der Waals surface area contributed by atoms with Crippen LogP contribution < -0.4 is 4.90 Å². The van der Waals surface area contributed by atoms with E-state index < -0.39 is 17.5 Å². The van der Waals surface area contributed by atoms with Crippen molar-refractivity contribution in [1.82, 2.24) is 9.80 Å². The Morgan fingerprint density at radius 1 is 0.974 bits per heavy atom. The fourth-order valence-electron chi connectivity index (χ4n) is 5.00. The van der Waals surface area contributed by atoms with Gasteiger partial charge in [0.05, 0.1) is 11.2 Å². The van der Waals surface area contributed by atoms with Gasteiger partial charge < -0.3 is 30.0 Å². The average Bonchev–Trinajstić information content (AvgIpc) is 3.02. The van der Waals surface area contributed by atoms with E-state index in [0.717, 1.165) is 68.8 Å².